The lowest BCUT2D eigenvalue weighted by atomic mass is 9.88. The van der Waals surface area contributed by atoms with Gasteiger partial charge in [0.15, 0.2) is 0 Å². The van der Waals surface area contributed by atoms with Crippen molar-refractivity contribution in [3.63, 3.8) is 0 Å². The first-order chi connectivity index (χ1) is 10.3. The lowest BCUT2D eigenvalue weighted by molar-refractivity contribution is -0.252. The molecule has 1 heterocycles. The number of esters is 1. The number of carbonyl (C=O) groups excluding carboxylic acids is 1. The number of fused-ring (bicyclic) bond motifs is 1. The van der Waals surface area contributed by atoms with Crippen LogP contribution in [0.25, 0.3) is 0 Å². The smallest absolute Gasteiger partial charge is 0.431 e. The van der Waals surface area contributed by atoms with Crippen LogP contribution in [-0.2, 0) is 21.6 Å². The van der Waals surface area contributed by atoms with E-state index >= 15 is 0 Å². The van der Waals surface area contributed by atoms with E-state index in [-0.39, 0.29) is 29.3 Å². The van der Waals surface area contributed by atoms with Crippen LogP contribution >= 0.6 is 11.6 Å². The van der Waals surface area contributed by atoms with Gasteiger partial charge in [0.1, 0.15) is 0 Å². The Morgan fingerprint density at radius 2 is 2.00 bits per heavy atom. The molecule has 0 spiro atoms. The monoisotopic (exact) mass is 328 g/mol. The Morgan fingerprint density at radius 1 is 1.27 bits per heavy atom. The zero-order chi connectivity index (χ0) is 16.0. The summed E-state index contributed by atoms with van der Waals surface area (Å²) in [5.41, 5.74) is -2.71. The molecule has 0 bridgehead atoms. The summed E-state index contributed by atoms with van der Waals surface area (Å²) in [5, 5.41) is 0.151. The van der Waals surface area contributed by atoms with Gasteiger partial charge in [-0.1, -0.05) is 23.6 Å². The fraction of sp³-hybridized carbons (Fsp3) is 0.438. The number of cyclic esters (lactones) is 1. The largest absolute Gasteiger partial charge is 0.445 e. The maximum absolute atomic E-state index is 13.8. The summed E-state index contributed by atoms with van der Waals surface area (Å²) in [6, 6.07) is 4.20. The normalized spacial score (nSPS) is 24.6. The first-order valence-corrected chi connectivity index (χ1v) is 7.30. The molecular weight excluding hydrogens is 317 g/mol. The van der Waals surface area contributed by atoms with Gasteiger partial charge < -0.3 is 4.74 Å². The molecule has 1 aliphatic heterocycles. The molecule has 0 radical (unpaired) electrons. The topological polar surface area (TPSA) is 26.3 Å². The van der Waals surface area contributed by atoms with Gasteiger partial charge in [0.25, 0.3) is 5.60 Å². The Morgan fingerprint density at radius 3 is 2.64 bits per heavy atom. The highest BCUT2D eigenvalue weighted by atomic mass is 35.5. The van der Waals surface area contributed by atoms with E-state index in [1.165, 1.54) is 18.2 Å². The van der Waals surface area contributed by atoms with Crippen molar-refractivity contribution in [3.05, 3.63) is 34.3 Å². The highest BCUT2D eigenvalue weighted by Gasteiger charge is 2.60. The van der Waals surface area contributed by atoms with Crippen LogP contribution < -0.4 is 0 Å². The van der Waals surface area contributed by atoms with Crippen LogP contribution in [0.4, 0.5) is 13.2 Å². The fourth-order valence-corrected chi connectivity index (χ4v) is 2.59. The molecule has 0 amide bonds. The number of hydrogen-bond donors (Lipinski definition) is 0. The van der Waals surface area contributed by atoms with E-state index in [4.69, 9.17) is 16.3 Å². The van der Waals surface area contributed by atoms with Crippen LogP contribution in [0.15, 0.2) is 18.2 Å². The molecule has 116 valence electrons. The quantitative estimate of drug-likeness (QED) is 0.531. The van der Waals surface area contributed by atoms with Crippen LogP contribution in [0, 0.1) is 17.8 Å². The summed E-state index contributed by atoms with van der Waals surface area (Å²) in [6.45, 7) is 0. The number of halogens is 4. The molecule has 1 atom stereocenters. The Balaban J connectivity index is 2.23. The molecule has 1 aliphatic carbocycles. The van der Waals surface area contributed by atoms with E-state index in [1.54, 1.807) is 0 Å². The van der Waals surface area contributed by atoms with Crippen molar-refractivity contribution in [2.45, 2.75) is 37.5 Å². The molecule has 1 fully saturated rings. The predicted octanol–water partition coefficient (Wildman–Crippen LogP) is 4.00. The minimum atomic E-state index is -4.84. The maximum atomic E-state index is 13.8. The molecule has 22 heavy (non-hydrogen) atoms. The average molecular weight is 329 g/mol. The van der Waals surface area contributed by atoms with E-state index in [0.29, 0.717) is 5.56 Å². The van der Waals surface area contributed by atoms with E-state index in [2.05, 4.69) is 11.8 Å². The minimum absolute atomic E-state index is 0.0520. The highest BCUT2D eigenvalue weighted by Crippen LogP contribution is 2.46. The predicted molar refractivity (Wildman–Crippen MR) is 74.1 cm³/mol. The second-order valence-electron chi connectivity index (χ2n) is 5.50. The number of carbonyl (C=O) groups is 1. The average Bonchev–Trinajstić information content (AvgIpc) is 3.24. The molecule has 3 rings (SSSR count). The van der Waals surface area contributed by atoms with Crippen molar-refractivity contribution in [1.29, 1.82) is 0 Å². The number of ether oxygens (including phenoxy) is 1. The number of rotatable bonds is 0. The molecule has 2 nitrogen and oxygen atoms in total. The van der Waals surface area contributed by atoms with Gasteiger partial charge in [0.05, 0.1) is 0 Å². The molecule has 0 aromatic heterocycles. The summed E-state index contributed by atoms with van der Waals surface area (Å²) in [7, 11) is 0. The summed E-state index contributed by atoms with van der Waals surface area (Å²) in [5.74, 6) is 3.85. The van der Waals surface area contributed by atoms with Crippen molar-refractivity contribution in [3.8, 4) is 11.8 Å². The lowest BCUT2D eigenvalue weighted by Crippen LogP contribution is -2.45. The first-order valence-electron chi connectivity index (χ1n) is 6.92. The molecule has 0 N–H and O–H groups in total. The third-order valence-corrected chi connectivity index (χ3v) is 3.98. The summed E-state index contributed by atoms with van der Waals surface area (Å²) in [4.78, 5) is 11.7. The van der Waals surface area contributed by atoms with Crippen LogP contribution in [0.2, 0.25) is 5.02 Å². The van der Waals surface area contributed by atoms with Gasteiger partial charge in [-0.05, 0) is 42.9 Å². The zero-order valence-corrected chi connectivity index (χ0v) is 12.2. The Hall–Kier alpha value is -1.67. The maximum Gasteiger partial charge on any atom is 0.445 e. The van der Waals surface area contributed by atoms with E-state index in [0.717, 1.165) is 12.8 Å². The second-order valence-corrected chi connectivity index (χ2v) is 5.93. The highest BCUT2D eigenvalue weighted by molar-refractivity contribution is 6.30. The molecular formula is C16H12ClF3O2. The third-order valence-electron chi connectivity index (χ3n) is 3.75. The van der Waals surface area contributed by atoms with Gasteiger partial charge >= 0.3 is 12.1 Å². The number of hydrogen-bond acceptors (Lipinski definition) is 2. The molecule has 2 aliphatic rings. The second kappa shape index (κ2) is 5.20. The van der Waals surface area contributed by atoms with Crippen molar-refractivity contribution in [2.24, 2.45) is 5.92 Å². The van der Waals surface area contributed by atoms with Crippen molar-refractivity contribution in [1.82, 2.24) is 0 Å². The number of benzene rings is 1. The standard InChI is InChI=1S/C16H12ClF3O2/c17-12-5-3-11-4-6-14(21)22-15(13(11)9-12,16(18,19)20)8-7-10-1-2-10/h3,5,9-10H,1-2,4,6H2/t15-/m0/s1. The number of aryl methyl sites for hydroxylation is 1. The Labute approximate surface area is 130 Å². The van der Waals surface area contributed by atoms with Crippen molar-refractivity contribution >= 4 is 17.6 Å². The Kier molecular flexibility index (Phi) is 3.60. The van der Waals surface area contributed by atoms with Gasteiger partial charge in [-0.15, -0.1) is 0 Å². The molecule has 1 aromatic carbocycles. The van der Waals surface area contributed by atoms with Gasteiger partial charge in [-0.25, -0.2) is 0 Å². The van der Waals surface area contributed by atoms with Gasteiger partial charge in [-0.3, -0.25) is 4.79 Å². The molecule has 0 saturated heterocycles. The van der Waals surface area contributed by atoms with Gasteiger partial charge in [0, 0.05) is 22.9 Å². The molecule has 1 aromatic rings. The minimum Gasteiger partial charge on any atom is -0.431 e. The third kappa shape index (κ3) is 2.68. The fourth-order valence-electron chi connectivity index (χ4n) is 2.41. The van der Waals surface area contributed by atoms with Crippen LogP contribution in [-0.4, -0.2) is 12.1 Å². The van der Waals surface area contributed by atoms with Crippen molar-refractivity contribution < 1.29 is 22.7 Å². The van der Waals surface area contributed by atoms with Gasteiger partial charge in [0.2, 0.25) is 0 Å². The summed E-state index contributed by atoms with van der Waals surface area (Å²) < 4.78 is 46.3. The van der Waals surface area contributed by atoms with E-state index in [9.17, 15) is 18.0 Å². The number of alkyl halides is 3. The van der Waals surface area contributed by atoms with Crippen LogP contribution in [0.3, 0.4) is 0 Å². The lowest BCUT2D eigenvalue weighted by Gasteiger charge is -2.31. The SMILES string of the molecule is O=C1CCc2ccc(Cl)cc2[C@@](C#CC2CC2)(C(F)(F)F)O1. The zero-order valence-electron chi connectivity index (χ0n) is 11.5. The van der Waals surface area contributed by atoms with Crippen LogP contribution in [0.5, 0.6) is 0 Å². The Bertz CT molecular complexity index is 683. The first kappa shape index (κ1) is 15.2. The molecule has 6 heteroatoms. The van der Waals surface area contributed by atoms with Crippen molar-refractivity contribution in [2.75, 3.05) is 0 Å². The van der Waals surface area contributed by atoms with Gasteiger partial charge in [-0.2, -0.15) is 13.2 Å². The molecule has 0 unspecified atom stereocenters. The summed E-state index contributed by atoms with van der Waals surface area (Å²) in [6.07, 6.45) is -3.23. The molecule has 1 saturated carbocycles. The van der Waals surface area contributed by atoms with E-state index < -0.39 is 17.7 Å². The summed E-state index contributed by atoms with van der Waals surface area (Å²) >= 11 is 5.86. The van der Waals surface area contributed by atoms with Crippen LogP contribution in [0.1, 0.15) is 30.4 Å². The van der Waals surface area contributed by atoms with E-state index in [1.807, 2.05) is 0 Å².